The number of fused-ring (bicyclic) bond motifs is 1. The topological polar surface area (TPSA) is 77.8 Å². The summed E-state index contributed by atoms with van der Waals surface area (Å²) in [6, 6.07) is 9.67. The van der Waals surface area contributed by atoms with Crippen LogP contribution in [0.4, 0.5) is 14.6 Å². The van der Waals surface area contributed by atoms with Crippen molar-refractivity contribution in [2.45, 2.75) is 38.2 Å². The fourth-order valence-corrected chi connectivity index (χ4v) is 5.78. The lowest BCUT2D eigenvalue weighted by molar-refractivity contribution is 0.00287. The highest BCUT2D eigenvalue weighted by Crippen LogP contribution is 2.31. The average molecular weight is 529 g/mol. The maximum Gasteiger partial charge on any atom is 0.320 e. The standard InChI is InChI=1S/C27H34F2N6O3/c28-25(29)26-30-21-3-1-2-4-22(21)35(26)24-17-23(34-11-15-37-16-12-34)31-27(32-24)38-18-19-5-7-20(8-6-19)33-9-13-36-14-10-33/h1-4,17,19-20,25H,5-16,18H2. The van der Waals surface area contributed by atoms with Crippen LogP contribution in [0.15, 0.2) is 30.3 Å². The summed E-state index contributed by atoms with van der Waals surface area (Å²) in [5.41, 5.74) is 1.07. The number of aromatic nitrogens is 4. The van der Waals surface area contributed by atoms with Crippen LogP contribution in [-0.4, -0.2) is 89.7 Å². The Labute approximate surface area is 220 Å². The Morgan fingerprint density at radius 2 is 1.55 bits per heavy atom. The van der Waals surface area contributed by atoms with Gasteiger partial charge in [0.25, 0.3) is 6.43 Å². The lowest BCUT2D eigenvalue weighted by atomic mass is 9.85. The van der Waals surface area contributed by atoms with Crippen molar-refractivity contribution in [1.82, 2.24) is 24.4 Å². The molecule has 3 fully saturated rings. The van der Waals surface area contributed by atoms with E-state index in [4.69, 9.17) is 14.2 Å². The molecule has 3 aromatic rings. The van der Waals surface area contributed by atoms with Gasteiger partial charge < -0.3 is 19.1 Å². The van der Waals surface area contributed by atoms with Gasteiger partial charge in [0.2, 0.25) is 0 Å². The number of hydrogen-bond donors (Lipinski definition) is 0. The largest absolute Gasteiger partial charge is 0.463 e. The average Bonchev–Trinajstić information content (AvgIpc) is 3.37. The van der Waals surface area contributed by atoms with Gasteiger partial charge in [0.05, 0.1) is 44.1 Å². The maximum absolute atomic E-state index is 14.1. The number of halogens is 2. The summed E-state index contributed by atoms with van der Waals surface area (Å²) in [5.74, 6) is 1.04. The molecule has 0 bridgehead atoms. The third kappa shape index (κ3) is 5.45. The number of hydrogen-bond acceptors (Lipinski definition) is 8. The first-order valence-corrected chi connectivity index (χ1v) is 13.6. The molecule has 0 N–H and O–H groups in total. The SMILES string of the molecule is FC(F)c1nc2ccccc2n1-c1cc(N2CCOCC2)nc(OCC2CCC(N3CCOCC3)CC2)n1. The molecule has 0 unspecified atom stereocenters. The highest BCUT2D eigenvalue weighted by atomic mass is 19.3. The summed E-state index contributed by atoms with van der Waals surface area (Å²) in [4.78, 5) is 18.1. The van der Waals surface area contributed by atoms with E-state index in [0.717, 1.165) is 52.0 Å². The van der Waals surface area contributed by atoms with Crippen molar-refractivity contribution in [3.8, 4) is 11.8 Å². The number of para-hydroxylation sites is 2. The van der Waals surface area contributed by atoms with E-state index >= 15 is 0 Å². The van der Waals surface area contributed by atoms with E-state index < -0.39 is 6.43 Å². The van der Waals surface area contributed by atoms with Gasteiger partial charge in [0, 0.05) is 38.3 Å². The van der Waals surface area contributed by atoms with Gasteiger partial charge in [-0.25, -0.2) is 13.8 Å². The van der Waals surface area contributed by atoms with Gasteiger partial charge >= 0.3 is 6.01 Å². The van der Waals surface area contributed by atoms with Gasteiger partial charge in [0.1, 0.15) is 11.6 Å². The molecule has 0 radical (unpaired) electrons. The predicted molar refractivity (Wildman–Crippen MR) is 138 cm³/mol. The van der Waals surface area contributed by atoms with Gasteiger partial charge in [-0.2, -0.15) is 9.97 Å². The Balaban J connectivity index is 1.24. The van der Waals surface area contributed by atoms with Crippen LogP contribution in [0, 0.1) is 5.92 Å². The first kappa shape index (κ1) is 25.4. The number of nitrogens with zero attached hydrogens (tertiary/aromatic N) is 6. The van der Waals surface area contributed by atoms with Crippen molar-refractivity contribution in [3.05, 3.63) is 36.2 Å². The molecule has 1 aromatic carbocycles. The second-order valence-corrected chi connectivity index (χ2v) is 10.2. The van der Waals surface area contributed by atoms with Crippen LogP contribution < -0.4 is 9.64 Å². The molecule has 0 amide bonds. The minimum Gasteiger partial charge on any atom is -0.463 e. The fourth-order valence-electron chi connectivity index (χ4n) is 5.78. The summed E-state index contributed by atoms with van der Waals surface area (Å²) < 4.78 is 46.7. The summed E-state index contributed by atoms with van der Waals surface area (Å²) in [6.45, 7) is 6.66. The Kier molecular flexibility index (Phi) is 7.66. The van der Waals surface area contributed by atoms with E-state index in [1.807, 2.05) is 6.07 Å². The molecule has 2 aliphatic heterocycles. The smallest absolute Gasteiger partial charge is 0.320 e. The number of alkyl halides is 2. The molecule has 38 heavy (non-hydrogen) atoms. The van der Waals surface area contributed by atoms with Gasteiger partial charge in [-0.1, -0.05) is 12.1 Å². The third-order valence-electron chi connectivity index (χ3n) is 7.85. The van der Waals surface area contributed by atoms with Gasteiger partial charge in [-0.3, -0.25) is 9.47 Å². The minimum atomic E-state index is -2.75. The Bertz CT molecular complexity index is 1220. The molecule has 0 atom stereocenters. The van der Waals surface area contributed by atoms with Crippen LogP contribution in [0.3, 0.4) is 0 Å². The van der Waals surface area contributed by atoms with E-state index in [9.17, 15) is 8.78 Å². The van der Waals surface area contributed by atoms with Crippen LogP contribution in [0.25, 0.3) is 16.9 Å². The quantitative estimate of drug-likeness (QED) is 0.458. The van der Waals surface area contributed by atoms with E-state index in [1.54, 1.807) is 24.3 Å². The van der Waals surface area contributed by atoms with Gasteiger partial charge in [0.15, 0.2) is 5.82 Å². The van der Waals surface area contributed by atoms with Crippen molar-refractivity contribution < 1.29 is 23.0 Å². The predicted octanol–water partition coefficient (Wildman–Crippen LogP) is 3.86. The summed E-state index contributed by atoms with van der Waals surface area (Å²) in [5, 5.41) is 0. The van der Waals surface area contributed by atoms with Crippen molar-refractivity contribution in [3.63, 3.8) is 0 Å². The van der Waals surface area contributed by atoms with Gasteiger partial charge in [-0.15, -0.1) is 0 Å². The zero-order valence-corrected chi connectivity index (χ0v) is 21.5. The zero-order chi connectivity index (χ0) is 25.9. The van der Waals surface area contributed by atoms with Crippen LogP contribution in [0.2, 0.25) is 0 Å². The van der Waals surface area contributed by atoms with Crippen LogP contribution in [0.1, 0.15) is 37.9 Å². The van der Waals surface area contributed by atoms with Gasteiger partial charge in [-0.05, 0) is 43.7 Å². The van der Waals surface area contributed by atoms with Crippen molar-refractivity contribution in [1.29, 1.82) is 0 Å². The molecule has 0 spiro atoms. The minimum absolute atomic E-state index is 0.206. The zero-order valence-electron chi connectivity index (χ0n) is 21.5. The molecule has 3 aliphatic rings. The molecule has 204 valence electrons. The molecular weight excluding hydrogens is 494 g/mol. The first-order valence-electron chi connectivity index (χ1n) is 13.6. The number of anilines is 1. The molecule has 2 aromatic heterocycles. The normalized spacial score (nSPS) is 23.3. The first-order chi connectivity index (χ1) is 18.7. The molecule has 6 rings (SSSR count). The Morgan fingerprint density at radius 1 is 0.868 bits per heavy atom. The molecule has 4 heterocycles. The van der Waals surface area contributed by atoms with E-state index in [-0.39, 0.29) is 11.8 Å². The number of morpholine rings is 2. The Morgan fingerprint density at radius 3 is 2.29 bits per heavy atom. The monoisotopic (exact) mass is 528 g/mol. The molecule has 1 aliphatic carbocycles. The summed E-state index contributed by atoms with van der Waals surface area (Å²) in [7, 11) is 0. The fraction of sp³-hybridized carbons (Fsp3) is 0.593. The Hall–Kier alpha value is -2.89. The van der Waals surface area contributed by atoms with Crippen molar-refractivity contribution >= 4 is 16.9 Å². The number of rotatable bonds is 7. The second kappa shape index (κ2) is 11.5. The van der Waals surface area contributed by atoms with E-state index in [0.29, 0.717) is 67.5 Å². The molecule has 1 saturated carbocycles. The van der Waals surface area contributed by atoms with E-state index in [1.165, 1.54) is 4.57 Å². The number of benzene rings is 1. The molecule has 2 saturated heterocycles. The van der Waals surface area contributed by atoms with E-state index in [2.05, 4.69) is 24.8 Å². The lowest BCUT2D eigenvalue weighted by Crippen LogP contribution is -2.45. The van der Waals surface area contributed by atoms with Crippen molar-refractivity contribution in [2.24, 2.45) is 5.92 Å². The van der Waals surface area contributed by atoms with Crippen LogP contribution in [-0.2, 0) is 9.47 Å². The van der Waals surface area contributed by atoms with Crippen LogP contribution in [0.5, 0.6) is 6.01 Å². The van der Waals surface area contributed by atoms with Crippen molar-refractivity contribution in [2.75, 3.05) is 64.1 Å². The second-order valence-electron chi connectivity index (χ2n) is 10.2. The molecule has 9 nitrogen and oxygen atoms in total. The highest BCUT2D eigenvalue weighted by Gasteiger charge is 2.28. The maximum atomic E-state index is 14.1. The lowest BCUT2D eigenvalue weighted by Gasteiger charge is -2.38. The molecule has 11 heteroatoms. The summed E-state index contributed by atoms with van der Waals surface area (Å²) in [6.07, 6.45) is 1.70. The van der Waals surface area contributed by atoms with Crippen LogP contribution >= 0.6 is 0 Å². The third-order valence-corrected chi connectivity index (χ3v) is 7.85. The number of imidazole rings is 1. The molecular formula is C27H34F2N6O3. The summed E-state index contributed by atoms with van der Waals surface area (Å²) >= 11 is 0. The number of ether oxygens (including phenoxy) is 3. The highest BCUT2D eigenvalue weighted by molar-refractivity contribution is 5.78.